The molecule has 0 saturated heterocycles. The SMILES string of the molecule is C[N+](=Cc1cccc[n+]1C)c1ccc(N=Nc2ccc([N+](=O)[O-])cc2)cc1. The Morgan fingerprint density at radius 1 is 0.889 bits per heavy atom. The van der Waals surface area contributed by atoms with Gasteiger partial charge in [-0.15, -0.1) is 0 Å². The monoisotopic (exact) mass is 361 g/mol. The predicted octanol–water partition coefficient (Wildman–Crippen LogP) is 4.23. The van der Waals surface area contributed by atoms with E-state index < -0.39 is 4.92 Å². The minimum absolute atomic E-state index is 0.0319. The smallest absolute Gasteiger partial charge is 0.258 e. The average molecular weight is 361 g/mol. The minimum atomic E-state index is -0.442. The number of non-ortho nitro benzene ring substituents is 1. The highest BCUT2D eigenvalue weighted by molar-refractivity contribution is 5.71. The van der Waals surface area contributed by atoms with E-state index in [4.69, 9.17) is 0 Å². The molecule has 2 aromatic carbocycles. The minimum Gasteiger partial charge on any atom is -0.258 e. The second-order valence-electron chi connectivity index (χ2n) is 5.97. The van der Waals surface area contributed by atoms with Crippen LogP contribution in [0.3, 0.4) is 0 Å². The van der Waals surface area contributed by atoms with Crippen LogP contribution in [0.1, 0.15) is 5.69 Å². The molecule has 0 fully saturated rings. The van der Waals surface area contributed by atoms with Crippen LogP contribution in [-0.4, -0.2) is 22.8 Å². The number of rotatable bonds is 5. The van der Waals surface area contributed by atoms with E-state index >= 15 is 0 Å². The van der Waals surface area contributed by atoms with Crippen molar-refractivity contribution in [1.29, 1.82) is 0 Å². The van der Waals surface area contributed by atoms with Crippen molar-refractivity contribution in [2.45, 2.75) is 0 Å². The van der Waals surface area contributed by atoms with Gasteiger partial charge in [0.1, 0.15) is 14.1 Å². The number of nitro benzene ring substituents is 1. The summed E-state index contributed by atoms with van der Waals surface area (Å²) in [5.41, 5.74) is 3.40. The Hall–Kier alpha value is -3.74. The quantitative estimate of drug-likeness (QED) is 0.224. The third-order valence-corrected chi connectivity index (χ3v) is 4.02. The largest absolute Gasteiger partial charge is 0.269 e. The fourth-order valence-corrected chi connectivity index (χ4v) is 2.45. The number of benzene rings is 2. The van der Waals surface area contributed by atoms with Crippen molar-refractivity contribution in [2.24, 2.45) is 17.3 Å². The van der Waals surface area contributed by atoms with Crippen molar-refractivity contribution in [3.05, 3.63) is 88.7 Å². The molecule has 0 N–H and O–H groups in total. The molecule has 0 unspecified atom stereocenters. The van der Waals surface area contributed by atoms with Crippen LogP contribution in [0.15, 0.2) is 83.2 Å². The zero-order chi connectivity index (χ0) is 19.2. The third kappa shape index (κ3) is 4.66. The maximum Gasteiger partial charge on any atom is 0.269 e. The Balaban J connectivity index is 1.73. The molecule has 0 saturated carbocycles. The highest BCUT2D eigenvalue weighted by Gasteiger charge is 2.09. The fraction of sp³-hybridized carbons (Fsp3) is 0.100. The maximum absolute atomic E-state index is 10.7. The van der Waals surface area contributed by atoms with E-state index in [1.54, 1.807) is 12.1 Å². The molecule has 1 aromatic heterocycles. The van der Waals surface area contributed by atoms with Crippen molar-refractivity contribution < 1.29 is 14.1 Å². The second-order valence-corrected chi connectivity index (χ2v) is 5.97. The fourth-order valence-electron chi connectivity index (χ4n) is 2.45. The Morgan fingerprint density at radius 2 is 1.44 bits per heavy atom. The Kier molecular flexibility index (Phi) is 5.41. The number of azo groups is 1. The van der Waals surface area contributed by atoms with Gasteiger partial charge in [-0.05, 0) is 30.3 Å². The van der Waals surface area contributed by atoms with Crippen LogP contribution in [0, 0.1) is 10.1 Å². The first kappa shape index (κ1) is 18.1. The normalized spacial score (nSPS) is 11.7. The molecule has 0 radical (unpaired) electrons. The number of nitro groups is 1. The van der Waals surface area contributed by atoms with Gasteiger partial charge in [0, 0.05) is 36.4 Å². The molecule has 27 heavy (non-hydrogen) atoms. The topological polar surface area (TPSA) is 74.8 Å². The van der Waals surface area contributed by atoms with Gasteiger partial charge >= 0.3 is 0 Å². The zero-order valence-corrected chi connectivity index (χ0v) is 15.1. The number of aromatic nitrogens is 1. The molecule has 0 spiro atoms. The van der Waals surface area contributed by atoms with Gasteiger partial charge in [0.05, 0.1) is 16.3 Å². The zero-order valence-electron chi connectivity index (χ0n) is 15.1. The molecule has 7 heteroatoms. The van der Waals surface area contributed by atoms with Crippen molar-refractivity contribution >= 4 is 29.0 Å². The third-order valence-electron chi connectivity index (χ3n) is 4.02. The molecule has 3 rings (SSSR count). The number of aryl methyl sites for hydroxylation is 1. The Labute approximate surface area is 156 Å². The summed E-state index contributed by atoms with van der Waals surface area (Å²) in [6, 6.07) is 19.7. The summed E-state index contributed by atoms with van der Waals surface area (Å²) < 4.78 is 4.08. The van der Waals surface area contributed by atoms with Crippen molar-refractivity contribution in [2.75, 3.05) is 7.05 Å². The first-order chi connectivity index (χ1) is 13.0. The van der Waals surface area contributed by atoms with Gasteiger partial charge in [-0.25, -0.2) is 0 Å². The van der Waals surface area contributed by atoms with Crippen LogP contribution in [0.25, 0.3) is 0 Å². The molecule has 0 aliphatic carbocycles. The summed E-state index contributed by atoms with van der Waals surface area (Å²) >= 11 is 0. The second kappa shape index (κ2) is 8.09. The van der Waals surface area contributed by atoms with Gasteiger partial charge < -0.3 is 0 Å². The summed E-state index contributed by atoms with van der Waals surface area (Å²) in [5.74, 6) is 0. The highest BCUT2D eigenvalue weighted by Crippen LogP contribution is 2.22. The first-order valence-corrected chi connectivity index (χ1v) is 8.31. The van der Waals surface area contributed by atoms with Gasteiger partial charge in [0.15, 0.2) is 6.20 Å². The summed E-state index contributed by atoms with van der Waals surface area (Å²) in [6.07, 6.45) is 4.05. The van der Waals surface area contributed by atoms with E-state index in [1.807, 2.05) is 78.1 Å². The molecule has 7 nitrogen and oxygen atoms in total. The van der Waals surface area contributed by atoms with Crippen molar-refractivity contribution in [1.82, 2.24) is 0 Å². The Morgan fingerprint density at radius 3 is 1.96 bits per heavy atom. The van der Waals surface area contributed by atoms with Crippen LogP contribution in [0.4, 0.5) is 22.7 Å². The molecule has 3 aromatic rings. The lowest BCUT2D eigenvalue weighted by molar-refractivity contribution is -0.674. The van der Waals surface area contributed by atoms with Gasteiger partial charge in [0.2, 0.25) is 11.9 Å². The number of hydrogen-bond donors (Lipinski definition) is 0. The number of nitrogens with zero attached hydrogens (tertiary/aromatic N) is 5. The molecule has 0 aliphatic heterocycles. The molecular formula is C20H19N5O2+2. The van der Waals surface area contributed by atoms with E-state index in [0.717, 1.165) is 11.4 Å². The standard InChI is InChI=1S/C20H19N5O2/c1-23-14-4-3-5-20(23)15-24(2)18-10-6-16(7-11-18)21-22-17-8-12-19(13-9-17)25(26)27/h3-15H,1-2H3/q+2. The number of hydrogen-bond acceptors (Lipinski definition) is 4. The van der Waals surface area contributed by atoms with E-state index in [-0.39, 0.29) is 5.69 Å². The molecular weight excluding hydrogens is 342 g/mol. The molecule has 0 aliphatic rings. The summed E-state index contributed by atoms with van der Waals surface area (Å²) in [7, 11) is 3.99. The van der Waals surface area contributed by atoms with Crippen LogP contribution in [0.2, 0.25) is 0 Å². The predicted molar refractivity (Wildman–Crippen MR) is 102 cm³/mol. The van der Waals surface area contributed by atoms with Crippen LogP contribution in [0.5, 0.6) is 0 Å². The lowest BCUT2D eigenvalue weighted by Gasteiger charge is -1.98. The molecule has 0 amide bonds. The average Bonchev–Trinajstić information content (AvgIpc) is 2.69. The van der Waals surface area contributed by atoms with E-state index in [9.17, 15) is 10.1 Å². The van der Waals surface area contributed by atoms with E-state index in [1.165, 1.54) is 12.1 Å². The Bertz CT molecular complexity index is 1010. The molecule has 134 valence electrons. The number of pyridine rings is 1. The summed E-state index contributed by atoms with van der Waals surface area (Å²) in [5, 5.41) is 18.9. The van der Waals surface area contributed by atoms with Crippen LogP contribution >= 0.6 is 0 Å². The molecule has 0 bridgehead atoms. The van der Waals surface area contributed by atoms with Crippen LogP contribution in [-0.2, 0) is 7.05 Å². The maximum atomic E-state index is 10.7. The van der Waals surface area contributed by atoms with Crippen molar-refractivity contribution in [3.8, 4) is 0 Å². The lowest BCUT2D eigenvalue weighted by Crippen LogP contribution is -2.33. The van der Waals surface area contributed by atoms with Crippen LogP contribution < -0.4 is 4.57 Å². The lowest BCUT2D eigenvalue weighted by atomic mass is 10.2. The van der Waals surface area contributed by atoms with Gasteiger partial charge in [0.25, 0.3) is 11.4 Å². The van der Waals surface area contributed by atoms with Crippen molar-refractivity contribution in [3.63, 3.8) is 0 Å². The summed E-state index contributed by atoms with van der Waals surface area (Å²) in [4.78, 5) is 10.2. The first-order valence-electron chi connectivity index (χ1n) is 8.31. The molecule has 0 atom stereocenters. The van der Waals surface area contributed by atoms with Gasteiger partial charge in [-0.1, -0.05) is 0 Å². The van der Waals surface area contributed by atoms with Gasteiger partial charge in [-0.3, -0.25) is 10.1 Å². The van der Waals surface area contributed by atoms with E-state index in [0.29, 0.717) is 11.4 Å². The van der Waals surface area contributed by atoms with Gasteiger partial charge in [-0.2, -0.15) is 19.4 Å². The molecule has 1 heterocycles. The van der Waals surface area contributed by atoms with E-state index in [2.05, 4.69) is 10.2 Å². The highest BCUT2D eigenvalue weighted by atomic mass is 16.6. The summed E-state index contributed by atoms with van der Waals surface area (Å²) in [6.45, 7) is 0.